The van der Waals surface area contributed by atoms with E-state index in [0.717, 1.165) is 23.5 Å². The summed E-state index contributed by atoms with van der Waals surface area (Å²) in [6, 6.07) is 23.1. The average molecular weight is 915 g/mol. The third-order valence-corrected chi connectivity index (χ3v) is 11.6. The van der Waals surface area contributed by atoms with E-state index < -0.39 is 11.6 Å². The van der Waals surface area contributed by atoms with Gasteiger partial charge < -0.3 is 46.3 Å². The zero-order valence-corrected chi connectivity index (χ0v) is 36.3. The summed E-state index contributed by atoms with van der Waals surface area (Å²) in [6.07, 6.45) is 5.50. The number of anilines is 3. The van der Waals surface area contributed by atoms with E-state index in [1.807, 2.05) is 12.1 Å². The van der Waals surface area contributed by atoms with Gasteiger partial charge in [0.2, 0.25) is 22.9 Å². The Bertz CT molecular complexity index is 2700. The number of nitrogens with zero attached hydrogens (tertiary/aromatic N) is 5. The highest BCUT2D eigenvalue weighted by molar-refractivity contribution is 7.80. The number of pyridine rings is 1. The van der Waals surface area contributed by atoms with Crippen molar-refractivity contribution in [1.29, 1.82) is 0 Å². The van der Waals surface area contributed by atoms with E-state index in [1.165, 1.54) is 35.6 Å². The Morgan fingerprint density at radius 2 is 1.45 bits per heavy atom. The van der Waals surface area contributed by atoms with Crippen LogP contribution in [0.15, 0.2) is 91.1 Å². The number of carbonyl (C=O) groups excluding carboxylic acids is 4. The maximum absolute atomic E-state index is 13.3. The minimum atomic E-state index is -1.42. The molecule has 18 nitrogen and oxygen atoms in total. The number of carbonyl (C=O) groups is 4. The highest BCUT2D eigenvalue weighted by atomic mass is 32.1. The number of ether oxygens (including phenoxy) is 2. The first kappa shape index (κ1) is 44.0. The first-order valence-electron chi connectivity index (χ1n) is 20.7. The van der Waals surface area contributed by atoms with Crippen LogP contribution >= 0.6 is 23.6 Å². The van der Waals surface area contributed by atoms with Gasteiger partial charge in [-0.15, -0.1) is 15.3 Å². The number of hydrogen-bond donors (Lipinski definition) is 7. The van der Waals surface area contributed by atoms with E-state index in [9.17, 15) is 29.4 Å². The molecule has 2 aliphatic rings. The van der Waals surface area contributed by atoms with Crippen LogP contribution in [-0.2, 0) is 44.0 Å². The molecule has 20 heteroatoms. The predicted octanol–water partition coefficient (Wildman–Crippen LogP) is 5.66. The van der Waals surface area contributed by atoms with E-state index in [1.54, 1.807) is 54.7 Å². The number of phenols is 2. The number of fused-ring (bicyclic) bond motifs is 6. The van der Waals surface area contributed by atoms with Crippen LogP contribution in [0, 0.1) is 0 Å². The second kappa shape index (κ2) is 19.9. The van der Waals surface area contributed by atoms with Gasteiger partial charge in [-0.2, -0.15) is 5.10 Å². The Morgan fingerprint density at radius 3 is 2.18 bits per heavy atom. The number of thiocarbonyl (C=S) groups is 1. The van der Waals surface area contributed by atoms with Gasteiger partial charge in [0, 0.05) is 78.8 Å². The summed E-state index contributed by atoms with van der Waals surface area (Å²) in [5.41, 5.74) is 2.46. The lowest BCUT2D eigenvalue weighted by molar-refractivity contribution is -0.121. The molecule has 1 spiro atoms. The molecule has 7 N–H and O–H groups in total. The first-order valence-corrected chi connectivity index (χ1v) is 21.9. The number of rotatable bonds is 17. The minimum absolute atomic E-state index is 0.0440. The third kappa shape index (κ3) is 10.6. The van der Waals surface area contributed by atoms with Crippen LogP contribution in [0.3, 0.4) is 0 Å². The molecule has 0 atom stereocenters. The molecule has 0 saturated carbocycles. The molecular weight excluding hydrogens is 873 g/mol. The van der Waals surface area contributed by atoms with Crippen LogP contribution in [-0.4, -0.2) is 77.5 Å². The fourth-order valence-electron chi connectivity index (χ4n) is 7.41. The molecule has 8 rings (SSSR count). The second-order valence-corrected chi connectivity index (χ2v) is 16.6. The van der Waals surface area contributed by atoms with Crippen LogP contribution in [0.25, 0.3) is 0 Å². The largest absolute Gasteiger partial charge is 0.508 e. The normalized spacial score (nSPS) is 12.8. The van der Waals surface area contributed by atoms with Gasteiger partial charge in [0.05, 0.1) is 17.7 Å². The van der Waals surface area contributed by atoms with Crippen molar-refractivity contribution < 1.29 is 38.9 Å². The van der Waals surface area contributed by atoms with Gasteiger partial charge in [0.1, 0.15) is 28.0 Å². The number of benzene rings is 3. The highest BCUT2D eigenvalue weighted by Crippen LogP contribution is 2.57. The number of unbranched alkanes of at least 4 members (excludes halogenated alkanes) is 1. The molecular formula is C45H42N10O8S2. The van der Waals surface area contributed by atoms with Gasteiger partial charge in [0.25, 0.3) is 0 Å². The summed E-state index contributed by atoms with van der Waals surface area (Å²) in [6.45, 7) is 0.585. The molecule has 0 saturated heterocycles. The zero-order valence-electron chi connectivity index (χ0n) is 34.6. The summed E-state index contributed by atoms with van der Waals surface area (Å²) >= 11 is 6.86. The average Bonchev–Trinajstić information content (AvgIpc) is 3.85. The summed E-state index contributed by atoms with van der Waals surface area (Å²) < 4.78 is 12.1. The van der Waals surface area contributed by atoms with Gasteiger partial charge in [-0.25, -0.2) is 4.79 Å². The molecule has 6 aromatic rings. The van der Waals surface area contributed by atoms with Gasteiger partial charge >= 0.3 is 5.97 Å². The Hall–Kier alpha value is -7.58. The molecule has 332 valence electrons. The van der Waals surface area contributed by atoms with Gasteiger partial charge in [-0.1, -0.05) is 17.4 Å². The smallest absolute Gasteiger partial charge is 0.340 e. The first-order chi connectivity index (χ1) is 31.5. The monoisotopic (exact) mass is 914 g/mol. The molecule has 5 heterocycles. The van der Waals surface area contributed by atoms with Gasteiger partial charge in [0.15, 0.2) is 16.5 Å². The third-order valence-electron chi connectivity index (χ3n) is 10.4. The van der Waals surface area contributed by atoms with Crippen molar-refractivity contribution >= 4 is 69.0 Å². The lowest BCUT2D eigenvalue weighted by Gasteiger charge is -2.36. The maximum Gasteiger partial charge on any atom is 0.340 e. The van der Waals surface area contributed by atoms with Gasteiger partial charge in [-0.3, -0.25) is 19.4 Å². The quantitative estimate of drug-likeness (QED) is 0.0331. The predicted molar refractivity (Wildman–Crippen MR) is 243 cm³/mol. The second-order valence-electron chi connectivity index (χ2n) is 15.1. The van der Waals surface area contributed by atoms with Crippen LogP contribution in [0.2, 0.25) is 0 Å². The van der Waals surface area contributed by atoms with Crippen LogP contribution in [0.5, 0.6) is 23.0 Å². The lowest BCUT2D eigenvalue weighted by atomic mass is 9.77. The molecule has 0 radical (unpaired) electrons. The molecule has 3 aromatic heterocycles. The number of hydrogen-bond acceptors (Lipinski definition) is 15. The molecule has 3 aromatic carbocycles. The SMILES string of the molecule is O=C(CCCC(=O)Nc1ccc(CCCCc2nnc(NC(=O)Cc3ccccn3)s2)nn1)NCCNC(=S)Nc1ccc2c(c1)C1(OC2=O)c2ccc(O)cc2Oc2cc(O)ccc21. The van der Waals surface area contributed by atoms with Crippen molar-refractivity contribution in [3.8, 4) is 23.0 Å². The Balaban J connectivity index is 0.716. The number of esters is 1. The maximum atomic E-state index is 13.3. The Labute approximate surface area is 381 Å². The number of nitrogens with one attached hydrogen (secondary N) is 5. The number of aryl methyl sites for hydroxylation is 2. The standard InChI is InChI=1S/C45H42N10O8S2/c56-29-13-16-32-35(24-29)62-36-25-30(57)14-17-33(36)45(32)34-22-28(11-15-31(34)42(61)63-45)49-43(64)48-21-20-47-38(58)8-5-9-39(59)50-37-18-12-26(52-53-37)6-1-2-10-41-54-55-44(65-41)51-40(60)23-27-7-3-4-19-46-27/h3-4,7,11-19,22,24-25,56-57H,1-2,5-6,8-10,20-21,23H2,(H,47,58)(H2,48,49,64)(H,50,53,59)(H,51,55,60). The zero-order chi connectivity index (χ0) is 45.3. The van der Waals surface area contributed by atoms with E-state index in [-0.39, 0.29) is 71.6 Å². The summed E-state index contributed by atoms with van der Waals surface area (Å²) in [7, 11) is 0. The fraction of sp³-hybridized carbons (Fsp3) is 0.244. The number of phenolic OH excluding ortho intramolecular Hbond substituents is 2. The number of aromatic hydroxyl groups is 2. The van der Waals surface area contributed by atoms with Crippen molar-refractivity contribution in [1.82, 2.24) is 36.0 Å². The van der Waals surface area contributed by atoms with Crippen LogP contribution in [0.4, 0.5) is 16.6 Å². The summed E-state index contributed by atoms with van der Waals surface area (Å²) in [4.78, 5) is 54.7. The van der Waals surface area contributed by atoms with Crippen molar-refractivity contribution in [2.24, 2.45) is 0 Å². The van der Waals surface area contributed by atoms with E-state index in [0.29, 0.717) is 70.4 Å². The summed E-state index contributed by atoms with van der Waals surface area (Å²) in [5.74, 6) is -0.464. The summed E-state index contributed by atoms with van der Waals surface area (Å²) in [5, 5.41) is 53.0. The Morgan fingerprint density at radius 1 is 0.692 bits per heavy atom. The molecule has 65 heavy (non-hydrogen) atoms. The van der Waals surface area contributed by atoms with E-state index in [2.05, 4.69) is 52.0 Å². The lowest BCUT2D eigenvalue weighted by Crippen LogP contribution is -2.36. The van der Waals surface area contributed by atoms with Crippen molar-refractivity contribution in [3.05, 3.63) is 130 Å². The van der Waals surface area contributed by atoms with Gasteiger partial charge in [-0.05, 0) is 105 Å². The Kier molecular flexibility index (Phi) is 13.5. The highest BCUT2D eigenvalue weighted by Gasteiger charge is 2.53. The molecule has 3 amide bonds. The van der Waals surface area contributed by atoms with Crippen LogP contribution in [0.1, 0.15) is 75.5 Å². The molecule has 2 aliphatic heterocycles. The number of amides is 3. The molecule has 0 bridgehead atoms. The number of aromatic nitrogens is 5. The molecule has 0 fully saturated rings. The van der Waals surface area contributed by atoms with Crippen molar-refractivity contribution in [3.63, 3.8) is 0 Å². The van der Waals surface area contributed by atoms with E-state index >= 15 is 0 Å². The fourth-order valence-corrected chi connectivity index (χ4v) is 8.43. The topological polar surface area (TPSA) is 252 Å². The van der Waals surface area contributed by atoms with Crippen molar-refractivity contribution in [2.75, 3.05) is 29.0 Å². The minimum Gasteiger partial charge on any atom is -0.508 e. The molecule has 0 unspecified atom stereocenters. The van der Waals surface area contributed by atoms with Crippen molar-refractivity contribution in [2.45, 2.75) is 57.0 Å². The molecule has 0 aliphatic carbocycles. The van der Waals surface area contributed by atoms with Crippen LogP contribution < -0.4 is 31.3 Å². The van der Waals surface area contributed by atoms with E-state index in [4.69, 9.17) is 21.7 Å².